The van der Waals surface area contributed by atoms with Crippen molar-refractivity contribution in [3.63, 3.8) is 0 Å². The van der Waals surface area contributed by atoms with Crippen LogP contribution in [0.1, 0.15) is 18.9 Å². The van der Waals surface area contributed by atoms with Crippen LogP contribution in [0.4, 0.5) is 5.69 Å². The Morgan fingerprint density at radius 1 is 0.950 bits per heavy atom. The molecule has 3 heteroatoms. The zero-order valence-electron chi connectivity index (χ0n) is 11.9. The van der Waals surface area contributed by atoms with Crippen LogP contribution in [0.2, 0.25) is 0 Å². The minimum absolute atomic E-state index is 0.745. The molecule has 0 aliphatic rings. The lowest BCUT2D eigenvalue weighted by atomic mass is 10.2. The van der Waals surface area contributed by atoms with E-state index in [0.717, 1.165) is 35.8 Å². The SMILES string of the molecule is CCCOc1ccc(N=Cc2ccc(OC)cc2)cc1. The fraction of sp³-hybridized carbons (Fsp3) is 0.235. The minimum Gasteiger partial charge on any atom is -0.497 e. The zero-order chi connectivity index (χ0) is 14.2. The van der Waals surface area contributed by atoms with Crippen molar-refractivity contribution in [2.45, 2.75) is 13.3 Å². The van der Waals surface area contributed by atoms with Gasteiger partial charge in [-0.3, -0.25) is 4.99 Å². The molecule has 0 unspecified atom stereocenters. The van der Waals surface area contributed by atoms with Gasteiger partial charge in [0.15, 0.2) is 0 Å². The minimum atomic E-state index is 0.745. The van der Waals surface area contributed by atoms with Crippen molar-refractivity contribution in [3.8, 4) is 11.5 Å². The number of aliphatic imine (C=N–C) groups is 1. The van der Waals surface area contributed by atoms with Crippen LogP contribution >= 0.6 is 0 Å². The van der Waals surface area contributed by atoms with Crippen LogP contribution < -0.4 is 9.47 Å². The van der Waals surface area contributed by atoms with Gasteiger partial charge in [0.1, 0.15) is 11.5 Å². The van der Waals surface area contributed by atoms with E-state index in [-0.39, 0.29) is 0 Å². The predicted molar refractivity (Wildman–Crippen MR) is 82.5 cm³/mol. The van der Waals surface area contributed by atoms with E-state index in [9.17, 15) is 0 Å². The molecule has 2 aromatic carbocycles. The van der Waals surface area contributed by atoms with E-state index in [1.165, 1.54) is 0 Å². The first-order valence-corrected chi connectivity index (χ1v) is 6.73. The molecule has 0 saturated carbocycles. The standard InChI is InChI=1S/C17H19NO2/c1-3-12-20-17-10-6-15(7-11-17)18-13-14-4-8-16(19-2)9-5-14/h4-11,13H,3,12H2,1-2H3. The number of ether oxygens (including phenoxy) is 2. The molecule has 0 bridgehead atoms. The van der Waals surface area contributed by atoms with Gasteiger partial charge in [0, 0.05) is 6.21 Å². The van der Waals surface area contributed by atoms with Crippen molar-refractivity contribution < 1.29 is 9.47 Å². The van der Waals surface area contributed by atoms with Crippen LogP contribution in [0.15, 0.2) is 53.5 Å². The third-order valence-corrected chi connectivity index (χ3v) is 2.79. The summed E-state index contributed by atoms with van der Waals surface area (Å²) in [5, 5.41) is 0. The van der Waals surface area contributed by atoms with Gasteiger partial charge in [0.25, 0.3) is 0 Å². The van der Waals surface area contributed by atoms with Gasteiger partial charge in [0.2, 0.25) is 0 Å². The van der Waals surface area contributed by atoms with Gasteiger partial charge in [0.05, 0.1) is 19.4 Å². The van der Waals surface area contributed by atoms with Crippen molar-refractivity contribution in [3.05, 3.63) is 54.1 Å². The van der Waals surface area contributed by atoms with Crippen molar-refractivity contribution in [2.75, 3.05) is 13.7 Å². The summed E-state index contributed by atoms with van der Waals surface area (Å²) in [7, 11) is 1.66. The van der Waals surface area contributed by atoms with Gasteiger partial charge in [-0.1, -0.05) is 6.92 Å². The molecule has 0 amide bonds. The van der Waals surface area contributed by atoms with Crippen LogP contribution in [0.3, 0.4) is 0 Å². The molecule has 0 atom stereocenters. The van der Waals surface area contributed by atoms with Gasteiger partial charge < -0.3 is 9.47 Å². The maximum atomic E-state index is 5.53. The molecular formula is C17H19NO2. The number of benzene rings is 2. The lowest BCUT2D eigenvalue weighted by molar-refractivity contribution is 0.317. The fourth-order valence-electron chi connectivity index (χ4n) is 1.69. The highest BCUT2D eigenvalue weighted by Gasteiger charge is 1.94. The summed E-state index contributed by atoms with van der Waals surface area (Å²) in [4.78, 5) is 4.43. The third kappa shape index (κ3) is 4.12. The predicted octanol–water partition coefficient (Wildman–Crippen LogP) is 4.23. The second-order valence-electron chi connectivity index (χ2n) is 4.37. The summed E-state index contributed by atoms with van der Waals surface area (Å²) in [6, 6.07) is 15.6. The Kier molecular flexibility index (Phi) is 5.18. The van der Waals surface area contributed by atoms with Gasteiger partial charge in [-0.05, 0) is 60.5 Å². The molecule has 0 aliphatic carbocycles. The van der Waals surface area contributed by atoms with E-state index in [2.05, 4.69) is 11.9 Å². The first-order chi connectivity index (χ1) is 9.81. The van der Waals surface area contributed by atoms with Crippen molar-refractivity contribution >= 4 is 11.9 Å². The van der Waals surface area contributed by atoms with E-state index in [4.69, 9.17) is 9.47 Å². The molecule has 0 heterocycles. The van der Waals surface area contributed by atoms with Crippen molar-refractivity contribution in [1.29, 1.82) is 0 Å². The first-order valence-electron chi connectivity index (χ1n) is 6.73. The highest BCUT2D eigenvalue weighted by molar-refractivity contribution is 5.82. The molecule has 0 radical (unpaired) electrons. The summed E-state index contributed by atoms with van der Waals surface area (Å²) in [5.74, 6) is 1.73. The van der Waals surface area contributed by atoms with E-state index in [1.807, 2.05) is 54.7 Å². The Morgan fingerprint density at radius 2 is 1.60 bits per heavy atom. The number of nitrogens with zero attached hydrogens (tertiary/aromatic N) is 1. The lowest BCUT2D eigenvalue weighted by Gasteiger charge is -2.03. The average Bonchev–Trinajstić information content (AvgIpc) is 2.52. The maximum Gasteiger partial charge on any atom is 0.119 e. The van der Waals surface area contributed by atoms with Crippen molar-refractivity contribution in [1.82, 2.24) is 0 Å². The summed E-state index contributed by atoms with van der Waals surface area (Å²) in [6.45, 7) is 2.84. The van der Waals surface area contributed by atoms with Gasteiger partial charge in [-0.25, -0.2) is 0 Å². The van der Waals surface area contributed by atoms with Crippen LogP contribution in [0.5, 0.6) is 11.5 Å². The van der Waals surface area contributed by atoms with E-state index >= 15 is 0 Å². The lowest BCUT2D eigenvalue weighted by Crippen LogP contribution is -1.93. The molecule has 2 rings (SSSR count). The molecule has 0 N–H and O–H groups in total. The van der Waals surface area contributed by atoms with Crippen LogP contribution in [-0.2, 0) is 0 Å². The quantitative estimate of drug-likeness (QED) is 0.734. The molecule has 20 heavy (non-hydrogen) atoms. The third-order valence-electron chi connectivity index (χ3n) is 2.79. The number of methoxy groups -OCH3 is 1. The van der Waals surface area contributed by atoms with Gasteiger partial charge >= 0.3 is 0 Å². The van der Waals surface area contributed by atoms with Crippen LogP contribution in [-0.4, -0.2) is 19.9 Å². The molecule has 0 fully saturated rings. The van der Waals surface area contributed by atoms with E-state index in [1.54, 1.807) is 7.11 Å². The van der Waals surface area contributed by atoms with E-state index < -0.39 is 0 Å². The molecule has 2 aromatic rings. The zero-order valence-corrected chi connectivity index (χ0v) is 11.9. The number of rotatable bonds is 6. The molecule has 3 nitrogen and oxygen atoms in total. The molecule has 0 aliphatic heterocycles. The first kappa shape index (κ1) is 14.1. The van der Waals surface area contributed by atoms with Gasteiger partial charge in [-0.2, -0.15) is 0 Å². The summed E-state index contributed by atoms with van der Waals surface area (Å²) < 4.78 is 10.7. The van der Waals surface area contributed by atoms with Crippen LogP contribution in [0.25, 0.3) is 0 Å². The monoisotopic (exact) mass is 269 g/mol. The van der Waals surface area contributed by atoms with Gasteiger partial charge in [-0.15, -0.1) is 0 Å². The highest BCUT2D eigenvalue weighted by Crippen LogP contribution is 2.18. The number of hydrogen-bond acceptors (Lipinski definition) is 3. The second-order valence-corrected chi connectivity index (χ2v) is 4.37. The Morgan fingerprint density at radius 3 is 2.20 bits per heavy atom. The molecule has 0 spiro atoms. The number of hydrogen-bond donors (Lipinski definition) is 0. The summed E-state index contributed by atoms with van der Waals surface area (Å²) >= 11 is 0. The Hall–Kier alpha value is -2.29. The maximum absolute atomic E-state index is 5.53. The summed E-state index contributed by atoms with van der Waals surface area (Å²) in [6.07, 6.45) is 2.85. The smallest absolute Gasteiger partial charge is 0.119 e. The fourth-order valence-corrected chi connectivity index (χ4v) is 1.69. The van der Waals surface area contributed by atoms with Crippen LogP contribution in [0, 0.1) is 0 Å². The topological polar surface area (TPSA) is 30.8 Å². The Labute approximate surface area is 119 Å². The molecule has 0 saturated heterocycles. The second kappa shape index (κ2) is 7.34. The average molecular weight is 269 g/mol. The summed E-state index contributed by atoms with van der Waals surface area (Å²) in [5.41, 5.74) is 1.95. The van der Waals surface area contributed by atoms with E-state index in [0.29, 0.717) is 0 Å². The highest BCUT2D eigenvalue weighted by atomic mass is 16.5. The molecule has 104 valence electrons. The molecule has 0 aromatic heterocycles. The van der Waals surface area contributed by atoms with Crippen molar-refractivity contribution in [2.24, 2.45) is 4.99 Å². The largest absolute Gasteiger partial charge is 0.497 e. The normalized spacial score (nSPS) is 10.7. The molecular weight excluding hydrogens is 250 g/mol. The Balaban J connectivity index is 1.99. The Bertz CT molecular complexity index is 544.